The minimum Gasteiger partial charge on any atom is -0.457 e. The molecule has 0 unspecified atom stereocenters. The number of furan rings is 1. The monoisotopic (exact) mass is 476 g/mol. The molecule has 4 aromatic carbocycles. The Morgan fingerprint density at radius 2 is 1.58 bits per heavy atom. The molecule has 1 aromatic heterocycles. The number of ether oxygens (including phenoxy) is 1. The number of carbonyl (C=O) groups excluding carboxylic acids is 2. The van der Waals surface area contributed by atoms with Gasteiger partial charge in [-0.1, -0.05) is 35.9 Å². The minimum absolute atomic E-state index is 0.0740. The second-order valence-electron chi connectivity index (χ2n) is 9.11. The molecule has 36 heavy (non-hydrogen) atoms. The fraction of sp³-hybridized carbons (Fsp3) is 0.133. The molecule has 0 aliphatic carbocycles. The molecule has 1 fully saturated rings. The van der Waals surface area contributed by atoms with Crippen LogP contribution in [0.4, 0.5) is 11.4 Å². The highest BCUT2D eigenvalue weighted by Crippen LogP contribution is 2.32. The third kappa shape index (κ3) is 4.18. The number of fused-ring (bicyclic) bond motifs is 3. The third-order valence-corrected chi connectivity index (χ3v) is 6.55. The minimum atomic E-state index is -0.438. The summed E-state index contributed by atoms with van der Waals surface area (Å²) < 4.78 is 11.8. The van der Waals surface area contributed by atoms with Crippen molar-refractivity contribution >= 4 is 45.1 Å². The summed E-state index contributed by atoms with van der Waals surface area (Å²) in [6, 6.07) is 28.7. The molecule has 1 aliphatic rings. The first-order valence-electron chi connectivity index (χ1n) is 11.9. The molecule has 6 nitrogen and oxygen atoms in total. The molecule has 0 spiro atoms. The maximum Gasteiger partial charge on any atom is 0.229 e. The van der Waals surface area contributed by atoms with Gasteiger partial charge in [-0.2, -0.15) is 0 Å². The summed E-state index contributed by atoms with van der Waals surface area (Å²) in [6.07, 6.45) is 0.167. The standard InChI is InChI=1S/C30H24N2O4/c1-19-6-11-23(12-7-19)35-24-13-9-22(10-14-24)32-18-20(16-29(32)33)30(34)31-21-8-15-26-25-4-2-3-5-27(25)36-28(26)17-21/h2-15,17,20H,16,18H2,1H3,(H,31,34)/t20-/m1/s1. The first kappa shape index (κ1) is 21.9. The molecule has 1 aliphatic heterocycles. The molecule has 2 amide bonds. The molecular weight excluding hydrogens is 452 g/mol. The van der Waals surface area contributed by atoms with Crippen LogP contribution in [0.1, 0.15) is 12.0 Å². The van der Waals surface area contributed by atoms with Crippen molar-refractivity contribution in [2.75, 3.05) is 16.8 Å². The highest BCUT2D eigenvalue weighted by Gasteiger charge is 2.35. The second-order valence-corrected chi connectivity index (χ2v) is 9.11. The average molecular weight is 477 g/mol. The Morgan fingerprint density at radius 3 is 2.36 bits per heavy atom. The summed E-state index contributed by atoms with van der Waals surface area (Å²) in [5, 5.41) is 5.00. The van der Waals surface area contributed by atoms with Gasteiger partial charge in [-0.15, -0.1) is 0 Å². The van der Waals surface area contributed by atoms with Crippen molar-refractivity contribution in [2.45, 2.75) is 13.3 Å². The highest BCUT2D eigenvalue weighted by molar-refractivity contribution is 6.07. The van der Waals surface area contributed by atoms with Crippen LogP contribution in [0, 0.1) is 12.8 Å². The summed E-state index contributed by atoms with van der Waals surface area (Å²) in [4.78, 5) is 27.4. The summed E-state index contributed by atoms with van der Waals surface area (Å²) >= 11 is 0. The number of nitrogens with one attached hydrogen (secondary N) is 1. The zero-order chi connectivity index (χ0) is 24.6. The van der Waals surface area contributed by atoms with Gasteiger partial charge in [-0.05, 0) is 61.5 Å². The smallest absolute Gasteiger partial charge is 0.229 e. The number of hydrogen-bond donors (Lipinski definition) is 1. The molecule has 1 saturated heterocycles. The quantitative estimate of drug-likeness (QED) is 0.307. The van der Waals surface area contributed by atoms with Gasteiger partial charge in [0.1, 0.15) is 22.7 Å². The highest BCUT2D eigenvalue weighted by atomic mass is 16.5. The fourth-order valence-corrected chi connectivity index (χ4v) is 4.62. The van der Waals surface area contributed by atoms with E-state index in [1.807, 2.05) is 97.9 Å². The maximum atomic E-state index is 13.0. The molecule has 6 rings (SSSR count). The van der Waals surface area contributed by atoms with E-state index < -0.39 is 5.92 Å². The lowest BCUT2D eigenvalue weighted by Gasteiger charge is -2.17. The lowest BCUT2D eigenvalue weighted by Crippen LogP contribution is -2.28. The van der Waals surface area contributed by atoms with Crippen LogP contribution in [0.25, 0.3) is 21.9 Å². The van der Waals surface area contributed by atoms with E-state index in [1.165, 1.54) is 5.56 Å². The topological polar surface area (TPSA) is 71.8 Å². The van der Waals surface area contributed by atoms with Gasteiger partial charge < -0.3 is 19.4 Å². The number of aryl methyl sites for hydroxylation is 1. The molecule has 0 saturated carbocycles. The van der Waals surface area contributed by atoms with E-state index in [9.17, 15) is 9.59 Å². The number of amides is 2. The van der Waals surface area contributed by atoms with Gasteiger partial charge in [-0.25, -0.2) is 0 Å². The molecule has 6 heteroatoms. The maximum absolute atomic E-state index is 13.0. The molecule has 2 heterocycles. The first-order valence-corrected chi connectivity index (χ1v) is 11.9. The van der Waals surface area contributed by atoms with Gasteiger partial charge in [-0.3, -0.25) is 9.59 Å². The Kier molecular flexibility index (Phi) is 5.41. The SMILES string of the molecule is Cc1ccc(Oc2ccc(N3C[C@H](C(=O)Nc4ccc5c(c4)oc4ccccc45)CC3=O)cc2)cc1. The van der Waals surface area contributed by atoms with Crippen LogP contribution in [-0.4, -0.2) is 18.4 Å². The molecule has 1 N–H and O–H groups in total. The Morgan fingerprint density at radius 1 is 0.889 bits per heavy atom. The van der Waals surface area contributed by atoms with Gasteiger partial charge in [0.25, 0.3) is 0 Å². The van der Waals surface area contributed by atoms with Crippen LogP contribution in [0.2, 0.25) is 0 Å². The Labute approximate surface area is 208 Å². The number of benzene rings is 4. The second kappa shape index (κ2) is 8.89. The largest absolute Gasteiger partial charge is 0.457 e. The summed E-state index contributed by atoms with van der Waals surface area (Å²) in [6.45, 7) is 2.36. The summed E-state index contributed by atoms with van der Waals surface area (Å²) in [5.41, 5.74) is 4.08. The van der Waals surface area contributed by atoms with Crippen molar-refractivity contribution in [3.8, 4) is 11.5 Å². The van der Waals surface area contributed by atoms with E-state index in [0.29, 0.717) is 23.6 Å². The Hall–Kier alpha value is -4.58. The summed E-state index contributed by atoms with van der Waals surface area (Å²) in [5.74, 6) is 0.746. The van der Waals surface area contributed by atoms with Gasteiger partial charge in [0, 0.05) is 41.2 Å². The van der Waals surface area contributed by atoms with Crippen molar-refractivity contribution in [2.24, 2.45) is 5.92 Å². The van der Waals surface area contributed by atoms with Crippen molar-refractivity contribution in [3.05, 3.63) is 96.6 Å². The van der Waals surface area contributed by atoms with E-state index in [2.05, 4.69) is 5.32 Å². The molecule has 0 radical (unpaired) electrons. The average Bonchev–Trinajstić information content (AvgIpc) is 3.46. The van der Waals surface area contributed by atoms with Crippen LogP contribution in [0.5, 0.6) is 11.5 Å². The molecule has 178 valence electrons. The predicted octanol–water partition coefficient (Wildman–Crippen LogP) is 6.68. The number of hydrogen-bond acceptors (Lipinski definition) is 4. The van der Waals surface area contributed by atoms with E-state index in [0.717, 1.165) is 27.8 Å². The molecule has 0 bridgehead atoms. The molecule has 1 atom stereocenters. The Balaban J connectivity index is 1.12. The lowest BCUT2D eigenvalue weighted by atomic mass is 10.1. The van der Waals surface area contributed by atoms with Gasteiger partial charge in [0.15, 0.2) is 0 Å². The van der Waals surface area contributed by atoms with E-state index in [4.69, 9.17) is 9.15 Å². The Bertz CT molecular complexity index is 1590. The van der Waals surface area contributed by atoms with E-state index in [-0.39, 0.29) is 18.2 Å². The van der Waals surface area contributed by atoms with E-state index >= 15 is 0 Å². The van der Waals surface area contributed by atoms with Crippen molar-refractivity contribution in [1.29, 1.82) is 0 Å². The number of rotatable bonds is 5. The number of anilines is 2. The van der Waals surface area contributed by atoms with Gasteiger partial charge >= 0.3 is 0 Å². The lowest BCUT2D eigenvalue weighted by molar-refractivity contribution is -0.122. The fourth-order valence-electron chi connectivity index (χ4n) is 4.62. The van der Waals surface area contributed by atoms with Crippen LogP contribution in [-0.2, 0) is 9.59 Å². The third-order valence-electron chi connectivity index (χ3n) is 6.55. The molecular formula is C30H24N2O4. The predicted molar refractivity (Wildman–Crippen MR) is 141 cm³/mol. The molecule has 5 aromatic rings. The van der Waals surface area contributed by atoms with Crippen LogP contribution < -0.4 is 15.0 Å². The zero-order valence-electron chi connectivity index (χ0n) is 19.7. The number of para-hydroxylation sites is 1. The number of nitrogens with zero attached hydrogens (tertiary/aromatic N) is 1. The van der Waals surface area contributed by atoms with Crippen molar-refractivity contribution < 1.29 is 18.7 Å². The van der Waals surface area contributed by atoms with Gasteiger partial charge in [0.2, 0.25) is 11.8 Å². The van der Waals surface area contributed by atoms with Crippen molar-refractivity contribution in [3.63, 3.8) is 0 Å². The van der Waals surface area contributed by atoms with Crippen LogP contribution in [0.3, 0.4) is 0 Å². The normalized spacial score (nSPS) is 15.5. The zero-order valence-corrected chi connectivity index (χ0v) is 19.7. The van der Waals surface area contributed by atoms with Crippen molar-refractivity contribution in [1.82, 2.24) is 0 Å². The van der Waals surface area contributed by atoms with Crippen LogP contribution >= 0.6 is 0 Å². The first-order chi connectivity index (χ1) is 17.5. The van der Waals surface area contributed by atoms with E-state index in [1.54, 1.807) is 4.90 Å². The van der Waals surface area contributed by atoms with Gasteiger partial charge in [0.05, 0.1) is 5.92 Å². The summed E-state index contributed by atoms with van der Waals surface area (Å²) in [7, 11) is 0. The van der Waals surface area contributed by atoms with Crippen LogP contribution in [0.15, 0.2) is 95.4 Å². The number of carbonyl (C=O) groups is 2.